The number of carbonyl (C=O) groups is 1. The van der Waals surface area contributed by atoms with Crippen molar-refractivity contribution >= 4 is 28.1 Å². The molecule has 0 aromatic heterocycles. The predicted molar refractivity (Wildman–Crippen MR) is 82.3 cm³/mol. The van der Waals surface area contributed by atoms with Gasteiger partial charge in [0.05, 0.1) is 11.8 Å². The van der Waals surface area contributed by atoms with Crippen molar-refractivity contribution < 1.29 is 23.1 Å². The molecule has 2 aromatic rings. The van der Waals surface area contributed by atoms with Crippen molar-refractivity contribution in [2.75, 3.05) is 0 Å². The number of hydrogen-bond acceptors (Lipinski definition) is 3. The van der Waals surface area contributed by atoms with Crippen molar-refractivity contribution in [2.24, 2.45) is 5.10 Å². The van der Waals surface area contributed by atoms with Crippen molar-refractivity contribution in [1.29, 1.82) is 0 Å². The molecule has 2 rings (SSSR count). The standard InChI is InChI=1S/C15H10BrF3N2O2/c16-12-5-4-10(13(22)7-12)8-20-21-14(23)9-2-1-3-11(6-9)15(17,18)19/h1-8,22H,(H,21,23). The summed E-state index contributed by atoms with van der Waals surface area (Å²) in [6.07, 6.45) is -3.34. The highest BCUT2D eigenvalue weighted by atomic mass is 79.9. The average molecular weight is 387 g/mol. The van der Waals surface area contributed by atoms with Gasteiger partial charge in [-0.15, -0.1) is 0 Å². The van der Waals surface area contributed by atoms with E-state index in [1.807, 2.05) is 0 Å². The number of amides is 1. The molecule has 0 atom stereocenters. The van der Waals surface area contributed by atoms with Gasteiger partial charge in [0.1, 0.15) is 5.75 Å². The molecule has 0 aliphatic heterocycles. The lowest BCUT2D eigenvalue weighted by molar-refractivity contribution is -0.137. The Morgan fingerprint density at radius 2 is 1.96 bits per heavy atom. The molecule has 0 aliphatic rings. The molecule has 0 aliphatic carbocycles. The van der Waals surface area contributed by atoms with Gasteiger partial charge in [0.25, 0.3) is 5.91 Å². The van der Waals surface area contributed by atoms with Gasteiger partial charge in [-0.25, -0.2) is 5.43 Å². The van der Waals surface area contributed by atoms with Crippen LogP contribution in [0.25, 0.3) is 0 Å². The molecule has 0 heterocycles. The predicted octanol–water partition coefficient (Wildman–Crippen LogP) is 3.94. The fourth-order valence-electron chi connectivity index (χ4n) is 1.69. The summed E-state index contributed by atoms with van der Waals surface area (Å²) in [4.78, 5) is 11.8. The van der Waals surface area contributed by atoms with Crippen LogP contribution in [0.15, 0.2) is 52.0 Å². The van der Waals surface area contributed by atoms with E-state index in [1.54, 1.807) is 12.1 Å². The van der Waals surface area contributed by atoms with Crippen LogP contribution in [0.1, 0.15) is 21.5 Å². The summed E-state index contributed by atoms with van der Waals surface area (Å²) in [5.41, 5.74) is 1.37. The third-order valence-corrected chi connectivity index (χ3v) is 3.31. The molecule has 0 fully saturated rings. The Balaban J connectivity index is 2.09. The fraction of sp³-hybridized carbons (Fsp3) is 0.0667. The third kappa shape index (κ3) is 4.56. The van der Waals surface area contributed by atoms with E-state index in [1.165, 1.54) is 18.3 Å². The molecule has 2 aromatic carbocycles. The summed E-state index contributed by atoms with van der Waals surface area (Å²) in [5, 5.41) is 13.3. The maximum absolute atomic E-state index is 12.6. The number of phenolic OH excluding ortho intramolecular Hbond substituents is 1. The van der Waals surface area contributed by atoms with Crippen LogP contribution in [0.5, 0.6) is 5.75 Å². The van der Waals surface area contributed by atoms with Crippen LogP contribution in [-0.2, 0) is 6.18 Å². The van der Waals surface area contributed by atoms with Crippen LogP contribution in [0.2, 0.25) is 0 Å². The van der Waals surface area contributed by atoms with Crippen LogP contribution in [0.3, 0.4) is 0 Å². The van der Waals surface area contributed by atoms with Crippen LogP contribution in [-0.4, -0.2) is 17.2 Å². The van der Waals surface area contributed by atoms with E-state index in [0.717, 1.165) is 18.2 Å². The molecule has 1 amide bonds. The number of nitrogens with zero attached hydrogens (tertiary/aromatic N) is 1. The minimum Gasteiger partial charge on any atom is -0.507 e. The topological polar surface area (TPSA) is 61.7 Å². The summed E-state index contributed by atoms with van der Waals surface area (Å²) in [6, 6.07) is 8.66. The average Bonchev–Trinajstić information content (AvgIpc) is 2.48. The van der Waals surface area contributed by atoms with E-state index < -0.39 is 17.6 Å². The summed E-state index contributed by atoms with van der Waals surface area (Å²) in [6.45, 7) is 0. The van der Waals surface area contributed by atoms with E-state index in [9.17, 15) is 23.1 Å². The van der Waals surface area contributed by atoms with E-state index in [-0.39, 0.29) is 11.3 Å². The smallest absolute Gasteiger partial charge is 0.416 e. The van der Waals surface area contributed by atoms with Gasteiger partial charge in [-0.05, 0) is 36.4 Å². The van der Waals surface area contributed by atoms with Crippen molar-refractivity contribution in [3.8, 4) is 5.75 Å². The molecule has 0 saturated heterocycles. The van der Waals surface area contributed by atoms with Crippen LogP contribution in [0.4, 0.5) is 13.2 Å². The van der Waals surface area contributed by atoms with Crippen LogP contribution in [0, 0.1) is 0 Å². The lowest BCUT2D eigenvalue weighted by Gasteiger charge is -2.07. The second-order valence-corrected chi connectivity index (χ2v) is 5.40. The monoisotopic (exact) mass is 386 g/mol. The van der Waals surface area contributed by atoms with Gasteiger partial charge in [-0.1, -0.05) is 22.0 Å². The minimum absolute atomic E-state index is 0.0588. The number of alkyl halides is 3. The Morgan fingerprint density at radius 3 is 2.61 bits per heavy atom. The van der Waals surface area contributed by atoms with E-state index in [4.69, 9.17) is 0 Å². The molecular formula is C15H10BrF3N2O2. The molecule has 0 radical (unpaired) electrons. The Bertz CT molecular complexity index is 761. The second kappa shape index (κ2) is 6.82. The van der Waals surface area contributed by atoms with Crippen molar-refractivity contribution in [3.63, 3.8) is 0 Å². The number of carbonyl (C=O) groups excluding carboxylic acids is 1. The summed E-state index contributed by atoms with van der Waals surface area (Å²) in [5.74, 6) is -0.847. The number of hydrazone groups is 1. The summed E-state index contributed by atoms with van der Waals surface area (Å²) >= 11 is 3.17. The quantitative estimate of drug-likeness (QED) is 0.619. The molecule has 23 heavy (non-hydrogen) atoms. The van der Waals surface area contributed by atoms with Crippen LogP contribution < -0.4 is 5.43 Å². The lowest BCUT2D eigenvalue weighted by Crippen LogP contribution is -2.18. The molecule has 120 valence electrons. The Kier molecular flexibility index (Phi) is 5.05. The number of rotatable bonds is 3. The van der Waals surface area contributed by atoms with E-state index >= 15 is 0 Å². The highest BCUT2D eigenvalue weighted by Gasteiger charge is 2.30. The molecule has 0 bridgehead atoms. The molecule has 0 unspecified atom stereocenters. The Labute approximate surface area is 137 Å². The maximum atomic E-state index is 12.6. The zero-order valence-corrected chi connectivity index (χ0v) is 13.0. The van der Waals surface area contributed by atoms with Crippen molar-refractivity contribution in [1.82, 2.24) is 5.43 Å². The second-order valence-electron chi connectivity index (χ2n) is 4.48. The van der Waals surface area contributed by atoms with Crippen LogP contribution >= 0.6 is 15.9 Å². The first-order valence-electron chi connectivity index (χ1n) is 6.26. The highest BCUT2D eigenvalue weighted by molar-refractivity contribution is 9.10. The fourth-order valence-corrected chi connectivity index (χ4v) is 2.04. The Hall–Kier alpha value is -2.35. The number of benzene rings is 2. The molecule has 0 saturated carbocycles. The number of halogens is 4. The molecule has 8 heteroatoms. The molecule has 4 nitrogen and oxygen atoms in total. The summed E-state index contributed by atoms with van der Waals surface area (Å²) < 4.78 is 38.4. The number of nitrogens with one attached hydrogen (secondary N) is 1. The van der Waals surface area contributed by atoms with Gasteiger partial charge in [-0.3, -0.25) is 4.79 Å². The largest absolute Gasteiger partial charge is 0.507 e. The van der Waals surface area contributed by atoms with Crippen molar-refractivity contribution in [2.45, 2.75) is 6.18 Å². The van der Waals surface area contributed by atoms with Gasteiger partial charge in [-0.2, -0.15) is 18.3 Å². The zero-order valence-electron chi connectivity index (χ0n) is 11.4. The first-order chi connectivity index (χ1) is 10.8. The van der Waals surface area contributed by atoms with Gasteiger partial charge in [0, 0.05) is 15.6 Å². The van der Waals surface area contributed by atoms with E-state index in [2.05, 4.69) is 26.5 Å². The Morgan fingerprint density at radius 1 is 1.22 bits per heavy atom. The molecular weight excluding hydrogens is 377 g/mol. The third-order valence-electron chi connectivity index (χ3n) is 2.81. The van der Waals surface area contributed by atoms with Gasteiger partial charge in [0.2, 0.25) is 0 Å². The highest BCUT2D eigenvalue weighted by Crippen LogP contribution is 2.29. The summed E-state index contributed by atoms with van der Waals surface area (Å²) in [7, 11) is 0. The maximum Gasteiger partial charge on any atom is 0.416 e. The lowest BCUT2D eigenvalue weighted by atomic mass is 10.1. The number of hydrogen-bond donors (Lipinski definition) is 2. The number of aromatic hydroxyl groups is 1. The normalized spacial score (nSPS) is 11.7. The molecule has 2 N–H and O–H groups in total. The first-order valence-corrected chi connectivity index (χ1v) is 7.06. The molecule has 0 spiro atoms. The van der Waals surface area contributed by atoms with Crippen molar-refractivity contribution in [3.05, 3.63) is 63.6 Å². The first kappa shape index (κ1) is 17.0. The zero-order chi connectivity index (χ0) is 17.0. The van der Waals surface area contributed by atoms with Gasteiger partial charge in [0.15, 0.2) is 0 Å². The van der Waals surface area contributed by atoms with Gasteiger partial charge >= 0.3 is 6.18 Å². The number of phenols is 1. The van der Waals surface area contributed by atoms with Gasteiger partial charge < -0.3 is 5.11 Å². The SMILES string of the molecule is O=C(NN=Cc1ccc(Br)cc1O)c1cccc(C(F)(F)F)c1. The minimum atomic E-state index is -4.53. The van der Waals surface area contributed by atoms with E-state index in [0.29, 0.717) is 10.0 Å².